The summed E-state index contributed by atoms with van der Waals surface area (Å²) >= 11 is 0. The summed E-state index contributed by atoms with van der Waals surface area (Å²) in [5.41, 5.74) is 7.40. The monoisotopic (exact) mass is 291 g/mol. The van der Waals surface area contributed by atoms with Gasteiger partial charge in [0.25, 0.3) is 0 Å². The second-order valence-corrected chi connectivity index (χ2v) is 5.58. The summed E-state index contributed by atoms with van der Waals surface area (Å²) < 4.78 is 5.75. The van der Waals surface area contributed by atoms with Crippen molar-refractivity contribution in [1.29, 1.82) is 0 Å². The number of nitrogens with two attached hydrogens (primary N) is 1. The van der Waals surface area contributed by atoms with E-state index in [-0.39, 0.29) is 12.0 Å². The molecule has 0 spiro atoms. The topological polar surface area (TPSA) is 68.5 Å². The number of amides is 1. The summed E-state index contributed by atoms with van der Waals surface area (Å²) in [5, 5.41) is 0. The van der Waals surface area contributed by atoms with Crippen molar-refractivity contribution >= 4 is 5.91 Å². The highest BCUT2D eigenvalue weighted by Gasteiger charge is 2.23. The van der Waals surface area contributed by atoms with Crippen molar-refractivity contribution in [2.45, 2.75) is 38.7 Å². The lowest BCUT2D eigenvalue weighted by molar-refractivity contribution is -0.133. The number of hydrogen-bond acceptors (Lipinski definition) is 4. The summed E-state index contributed by atoms with van der Waals surface area (Å²) in [6.45, 7) is 4.91. The van der Waals surface area contributed by atoms with Gasteiger partial charge in [0.2, 0.25) is 5.91 Å². The summed E-state index contributed by atoms with van der Waals surface area (Å²) in [6, 6.07) is 3.92. The Balaban J connectivity index is 1.74. The van der Waals surface area contributed by atoms with Gasteiger partial charge in [0, 0.05) is 31.6 Å². The molecule has 0 saturated carbocycles. The number of aromatic nitrogens is 1. The number of likely N-dealkylation sites (tertiary alicyclic amines) is 1. The molecule has 0 bridgehead atoms. The summed E-state index contributed by atoms with van der Waals surface area (Å²) in [4.78, 5) is 18.4. The highest BCUT2D eigenvalue weighted by Crippen LogP contribution is 2.15. The minimum absolute atomic E-state index is 0.182. The molecule has 1 aliphatic heterocycles. The number of piperidine rings is 1. The van der Waals surface area contributed by atoms with Crippen LogP contribution in [0.1, 0.15) is 30.5 Å². The van der Waals surface area contributed by atoms with E-state index in [0.29, 0.717) is 13.0 Å². The molecular formula is C16H25N3O2. The fourth-order valence-electron chi connectivity index (χ4n) is 2.49. The maximum atomic E-state index is 12.3. The molecule has 1 aromatic rings. The molecule has 5 nitrogen and oxygen atoms in total. The van der Waals surface area contributed by atoms with Crippen molar-refractivity contribution in [2.24, 2.45) is 5.73 Å². The van der Waals surface area contributed by atoms with Gasteiger partial charge in [0.05, 0.1) is 12.5 Å². The van der Waals surface area contributed by atoms with E-state index in [2.05, 4.69) is 4.98 Å². The van der Waals surface area contributed by atoms with Crippen LogP contribution in [0.15, 0.2) is 18.3 Å². The Bertz CT molecular complexity index is 439. The zero-order valence-corrected chi connectivity index (χ0v) is 12.8. The van der Waals surface area contributed by atoms with E-state index >= 15 is 0 Å². The van der Waals surface area contributed by atoms with Crippen LogP contribution in [-0.4, -0.2) is 48.1 Å². The van der Waals surface area contributed by atoms with Crippen LogP contribution in [0.4, 0.5) is 0 Å². The van der Waals surface area contributed by atoms with Crippen molar-refractivity contribution in [3.63, 3.8) is 0 Å². The third-order valence-electron chi connectivity index (χ3n) is 3.82. The second-order valence-electron chi connectivity index (χ2n) is 5.58. The van der Waals surface area contributed by atoms with Gasteiger partial charge in [0.1, 0.15) is 0 Å². The van der Waals surface area contributed by atoms with Crippen LogP contribution in [0.25, 0.3) is 0 Å². The molecule has 1 fully saturated rings. The molecule has 5 heteroatoms. The molecule has 21 heavy (non-hydrogen) atoms. The molecule has 2 N–H and O–H groups in total. The van der Waals surface area contributed by atoms with Crippen LogP contribution in [-0.2, 0) is 16.0 Å². The summed E-state index contributed by atoms with van der Waals surface area (Å²) in [5.74, 6) is 0.182. The highest BCUT2D eigenvalue weighted by atomic mass is 16.5. The zero-order chi connectivity index (χ0) is 15.1. The first-order chi connectivity index (χ1) is 10.2. The van der Waals surface area contributed by atoms with Crippen LogP contribution in [0.3, 0.4) is 0 Å². The number of carbonyl (C=O) groups excluding carboxylic acids is 1. The lowest BCUT2D eigenvalue weighted by atomic mass is 10.1. The third-order valence-corrected chi connectivity index (χ3v) is 3.82. The maximum absolute atomic E-state index is 12.3. The van der Waals surface area contributed by atoms with Gasteiger partial charge in [-0.3, -0.25) is 9.78 Å². The first kappa shape index (κ1) is 15.9. The molecule has 2 rings (SSSR count). The standard InChI is InChI=1S/C16H25N3O2/c1-13-3-4-14(12-18-13)11-16(20)19-8-5-15(6-9-19)21-10-2-7-17/h3-4,12,15H,2,5-11,17H2,1H3. The molecule has 0 unspecified atom stereocenters. The number of carbonyl (C=O) groups is 1. The first-order valence-electron chi connectivity index (χ1n) is 7.70. The number of rotatable bonds is 6. The molecular weight excluding hydrogens is 266 g/mol. The van der Waals surface area contributed by atoms with Gasteiger partial charge in [0.15, 0.2) is 0 Å². The third kappa shape index (κ3) is 5.10. The molecule has 0 aromatic carbocycles. The van der Waals surface area contributed by atoms with Gasteiger partial charge < -0.3 is 15.4 Å². The fraction of sp³-hybridized carbons (Fsp3) is 0.625. The number of pyridine rings is 1. The number of ether oxygens (including phenoxy) is 1. The predicted molar refractivity (Wildman–Crippen MR) is 81.9 cm³/mol. The smallest absolute Gasteiger partial charge is 0.227 e. The normalized spacial score (nSPS) is 16.2. The van der Waals surface area contributed by atoms with Crippen molar-refractivity contribution < 1.29 is 9.53 Å². The molecule has 1 aromatic heterocycles. The van der Waals surface area contributed by atoms with Crippen molar-refractivity contribution in [1.82, 2.24) is 9.88 Å². The minimum atomic E-state index is 0.182. The van der Waals surface area contributed by atoms with E-state index in [1.165, 1.54) is 0 Å². The minimum Gasteiger partial charge on any atom is -0.378 e. The van der Waals surface area contributed by atoms with Crippen LogP contribution in [0.2, 0.25) is 0 Å². The van der Waals surface area contributed by atoms with Gasteiger partial charge >= 0.3 is 0 Å². The Morgan fingerprint density at radius 2 is 2.19 bits per heavy atom. The second kappa shape index (κ2) is 8.10. The van der Waals surface area contributed by atoms with Crippen molar-refractivity contribution in [3.8, 4) is 0 Å². The summed E-state index contributed by atoms with van der Waals surface area (Å²) in [6.07, 6.45) is 5.24. The molecule has 0 atom stereocenters. The van der Waals surface area contributed by atoms with E-state index < -0.39 is 0 Å². The Morgan fingerprint density at radius 1 is 1.43 bits per heavy atom. The van der Waals surface area contributed by atoms with Gasteiger partial charge in [-0.05, 0) is 44.4 Å². The van der Waals surface area contributed by atoms with E-state index in [4.69, 9.17) is 10.5 Å². The quantitative estimate of drug-likeness (QED) is 0.802. The van der Waals surface area contributed by atoms with E-state index in [0.717, 1.165) is 50.2 Å². The molecule has 1 saturated heterocycles. The van der Waals surface area contributed by atoms with E-state index in [9.17, 15) is 4.79 Å². The van der Waals surface area contributed by atoms with Crippen LogP contribution in [0, 0.1) is 6.92 Å². The Morgan fingerprint density at radius 3 is 2.81 bits per heavy atom. The lowest BCUT2D eigenvalue weighted by Crippen LogP contribution is -2.41. The SMILES string of the molecule is Cc1ccc(CC(=O)N2CCC(OCCCN)CC2)cn1. The first-order valence-corrected chi connectivity index (χ1v) is 7.70. The molecule has 116 valence electrons. The molecule has 0 radical (unpaired) electrons. The number of nitrogens with zero attached hydrogens (tertiary/aromatic N) is 2. The molecule has 1 aliphatic rings. The van der Waals surface area contributed by atoms with E-state index in [1.54, 1.807) is 6.20 Å². The average Bonchev–Trinajstić information content (AvgIpc) is 2.50. The van der Waals surface area contributed by atoms with Crippen molar-refractivity contribution in [2.75, 3.05) is 26.2 Å². The molecule has 2 heterocycles. The van der Waals surface area contributed by atoms with Gasteiger partial charge in [-0.15, -0.1) is 0 Å². The van der Waals surface area contributed by atoms with Gasteiger partial charge in [-0.25, -0.2) is 0 Å². The molecule has 0 aliphatic carbocycles. The Labute approximate surface area is 126 Å². The fourth-order valence-corrected chi connectivity index (χ4v) is 2.49. The largest absolute Gasteiger partial charge is 0.378 e. The average molecular weight is 291 g/mol. The van der Waals surface area contributed by atoms with E-state index in [1.807, 2.05) is 24.0 Å². The van der Waals surface area contributed by atoms with Crippen molar-refractivity contribution in [3.05, 3.63) is 29.6 Å². The van der Waals surface area contributed by atoms with Crippen LogP contribution >= 0.6 is 0 Å². The van der Waals surface area contributed by atoms with Gasteiger partial charge in [-0.2, -0.15) is 0 Å². The summed E-state index contributed by atoms with van der Waals surface area (Å²) in [7, 11) is 0. The highest BCUT2D eigenvalue weighted by molar-refractivity contribution is 5.78. The lowest BCUT2D eigenvalue weighted by Gasteiger charge is -2.32. The molecule has 1 amide bonds. The zero-order valence-electron chi connectivity index (χ0n) is 12.8. The predicted octanol–water partition coefficient (Wildman–Crippen LogP) is 1.29. The van der Waals surface area contributed by atoms with Crippen LogP contribution in [0.5, 0.6) is 0 Å². The maximum Gasteiger partial charge on any atom is 0.227 e. The Kier molecular flexibility index (Phi) is 6.14. The number of hydrogen-bond donors (Lipinski definition) is 1. The van der Waals surface area contributed by atoms with Gasteiger partial charge in [-0.1, -0.05) is 6.07 Å². The van der Waals surface area contributed by atoms with Crippen LogP contribution < -0.4 is 5.73 Å². The number of aryl methyl sites for hydroxylation is 1. The Hall–Kier alpha value is -1.46.